The highest BCUT2D eigenvalue weighted by Crippen LogP contribution is 2.32. The van der Waals surface area contributed by atoms with Gasteiger partial charge in [0.25, 0.3) is 5.82 Å². The summed E-state index contributed by atoms with van der Waals surface area (Å²) in [5.41, 5.74) is 1.25. The molecule has 0 saturated carbocycles. The van der Waals surface area contributed by atoms with Crippen molar-refractivity contribution in [1.29, 1.82) is 0 Å². The molecule has 3 aliphatic heterocycles. The van der Waals surface area contributed by atoms with Crippen LogP contribution in [0.15, 0.2) is 41.5 Å². The Morgan fingerprint density at radius 3 is 2.11 bits per heavy atom. The molecule has 2 N–H and O–H groups in total. The number of amides is 1. The predicted octanol–water partition coefficient (Wildman–Crippen LogP) is 2.54. The van der Waals surface area contributed by atoms with Crippen molar-refractivity contribution in [2.45, 2.75) is 44.7 Å². The van der Waals surface area contributed by atoms with E-state index >= 15 is 0 Å². The maximum atomic E-state index is 13.2. The monoisotopic (exact) mass is 635 g/mol. The summed E-state index contributed by atoms with van der Waals surface area (Å²) in [4.78, 5) is 36.8. The van der Waals surface area contributed by atoms with Crippen molar-refractivity contribution < 1.29 is 42.5 Å². The first-order valence-corrected chi connectivity index (χ1v) is 14.6. The van der Waals surface area contributed by atoms with Gasteiger partial charge in [-0.15, -0.1) is 10.2 Å². The molecule has 2 saturated heterocycles. The van der Waals surface area contributed by atoms with Crippen LogP contribution >= 0.6 is 0 Å². The summed E-state index contributed by atoms with van der Waals surface area (Å²) < 4.78 is 46.4. The Morgan fingerprint density at radius 1 is 0.933 bits per heavy atom. The number of aromatic nitrogens is 3. The summed E-state index contributed by atoms with van der Waals surface area (Å²) in [7, 11) is 0. The first-order valence-electron chi connectivity index (χ1n) is 14.6. The van der Waals surface area contributed by atoms with E-state index in [1.54, 1.807) is 6.92 Å². The zero-order chi connectivity index (χ0) is 32.6. The predicted molar refractivity (Wildman–Crippen MR) is 155 cm³/mol. The van der Waals surface area contributed by atoms with Gasteiger partial charge < -0.3 is 24.7 Å². The number of carboxylic acid groups (broad SMARTS) is 2. The molecule has 3 aliphatic rings. The largest absolute Gasteiger partial charge is 0.492 e. The number of benzene rings is 1. The highest BCUT2D eigenvalue weighted by Gasteiger charge is 2.40. The van der Waals surface area contributed by atoms with E-state index in [2.05, 4.69) is 37.2 Å². The minimum atomic E-state index is -4.58. The highest BCUT2D eigenvalue weighted by molar-refractivity contribution is 5.89. The van der Waals surface area contributed by atoms with Gasteiger partial charge in [-0.3, -0.25) is 9.69 Å². The molecule has 1 aromatic heterocycles. The number of rotatable bonds is 7. The topological polar surface area (TPSA) is 154 Å². The smallest absolute Gasteiger partial charge is 0.453 e. The first-order chi connectivity index (χ1) is 21.4. The first kappa shape index (κ1) is 33.4. The molecule has 4 heterocycles. The average molecular weight is 636 g/mol. The fourth-order valence-corrected chi connectivity index (χ4v) is 5.39. The van der Waals surface area contributed by atoms with E-state index < -0.39 is 23.9 Å². The summed E-state index contributed by atoms with van der Waals surface area (Å²) >= 11 is 0. The lowest BCUT2D eigenvalue weighted by atomic mass is 9.89. The number of carbonyl (C=O) groups is 3. The summed E-state index contributed by atoms with van der Waals surface area (Å²) in [5, 5.41) is 26.8. The molecule has 1 amide bonds. The van der Waals surface area contributed by atoms with Gasteiger partial charge in [-0.1, -0.05) is 12.1 Å². The molecule has 2 aromatic rings. The van der Waals surface area contributed by atoms with Crippen molar-refractivity contribution >= 4 is 23.7 Å². The van der Waals surface area contributed by atoms with Crippen LogP contribution in [0.1, 0.15) is 49.3 Å². The summed E-state index contributed by atoms with van der Waals surface area (Å²) in [6, 6.07) is 8.23. The van der Waals surface area contributed by atoms with Crippen molar-refractivity contribution in [2.24, 2.45) is 5.10 Å². The van der Waals surface area contributed by atoms with Crippen molar-refractivity contribution in [3.8, 4) is 5.75 Å². The van der Waals surface area contributed by atoms with Gasteiger partial charge in [-0.05, 0) is 36.5 Å². The second kappa shape index (κ2) is 15.0. The molecule has 16 heteroatoms. The minimum absolute atomic E-state index is 0.134. The number of hydrogen-bond donors (Lipinski definition) is 2. The minimum Gasteiger partial charge on any atom is -0.492 e. The SMILES string of the molecule is CC(=O)N1CCN(CCOc2ccc(C3CCN(C4=Nn5c(nnc5C(F)(F)F)CC4)CC3)cc2)CC1.O=C(O)C=CC(=O)O. The van der Waals surface area contributed by atoms with Crippen LogP contribution in [0.5, 0.6) is 5.75 Å². The number of fused-ring (bicyclic) bond motifs is 1. The van der Waals surface area contributed by atoms with Gasteiger partial charge in [0.1, 0.15) is 18.2 Å². The Morgan fingerprint density at radius 2 is 1.56 bits per heavy atom. The molecular weight excluding hydrogens is 599 g/mol. The zero-order valence-electron chi connectivity index (χ0n) is 24.8. The number of likely N-dealkylation sites (tertiary alicyclic amines) is 1. The van der Waals surface area contributed by atoms with Crippen molar-refractivity contribution in [3.05, 3.63) is 53.6 Å². The fourth-order valence-electron chi connectivity index (χ4n) is 5.39. The van der Waals surface area contributed by atoms with Crippen LogP contribution in [-0.4, -0.2) is 116 Å². The van der Waals surface area contributed by atoms with Gasteiger partial charge >= 0.3 is 18.1 Å². The normalized spacial score (nSPS) is 17.7. The Bertz CT molecular complexity index is 1380. The maximum absolute atomic E-state index is 13.2. The second-order valence-electron chi connectivity index (χ2n) is 10.8. The van der Waals surface area contributed by atoms with Gasteiger partial charge in [-0.25, -0.2) is 9.59 Å². The molecule has 0 radical (unpaired) electrons. The van der Waals surface area contributed by atoms with Crippen LogP contribution < -0.4 is 4.74 Å². The van der Waals surface area contributed by atoms with E-state index in [-0.39, 0.29) is 11.7 Å². The van der Waals surface area contributed by atoms with E-state index in [9.17, 15) is 27.6 Å². The number of carboxylic acids is 2. The lowest BCUT2D eigenvalue weighted by molar-refractivity contribution is -0.147. The lowest BCUT2D eigenvalue weighted by Crippen LogP contribution is -2.48. The third-order valence-corrected chi connectivity index (χ3v) is 7.82. The zero-order valence-corrected chi connectivity index (χ0v) is 24.8. The highest BCUT2D eigenvalue weighted by atomic mass is 19.4. The molecule has 0 spiro atoms. The third-order valence-electron chi connectivity index (χ3n) is 7.82. The quantitative estimate of drug-likeness (QED) is 0.434. The molecule has 45 heavy (non-hydrogen) atoms. The molecule has 0 aliphatic carbocycles. The molecule has 244 valence electrons. The third kappa shape index (κ3) is 9.51. The molecule has 0 atom stereocenters. The number of amidine groups is 1. The fraction of sp³-hybridized carbons (Fsp3) is 0.517. The molecule has 13 nitrogen and oxygen atoms in total. The summed E-state index contributed by atoms with van der Waals surface area (Å²) in [6.45, 7) is 7.82. The van der Waals surface area contributed by atoms with Crippen LogP contribution in [0.3, 0.4) is 0 Å². The van der Waals surface area contributed by atoms with E-state index in [0.29, 0.717) is 43.4 Å². The average Bonchev–Trinajstić information content (AvgIpc) is 3.45. The Hall–Kier alpha value is -4.47. The van der Waals surface area contributed by atoms with E-state index in [1.165, 1.54) is 5.56 Å². The second-order valence-corrected chi connectivity index (χ2v) is 10.8. The Kier molecular flexibility index (Phi) is 11.1. The number of piperidine rings is 1. The van der Waals surface area contributed by atoms with E-state index in [0.717, 1.165) is 69.1 Å². The van der Waals surface area contributed by atoms with Crippen molar-refractivity contribution in [2.75, 3.05) is 52.4 Å². The maximum Gasteiger partial charge on any atom is 0.453 e. The Labute approximate surface area is 257 Å². The number of halogens is 3. The van der Waals surface area contributed by atoms with Crippen LogP contribution in [0.2, 0.25) is 0 Å². The number of aryl methyl sites for hydroxylation is 1. The molecule has 0 unspecified atom stereocenters. The van der Waals surface area contributed by atoms with Gasteiger partial charge in [0.15, 0.2) is 5.82 Å². The summed E-state index contributed by atoms with van der Waals surface area (Å²) in [5.74, 6) is -1.29. The van der Waals surface area contributed by atoms with Crippen molar-refractivity contribution in [3.63, 3.8) is 0 Å². The number of carbonyl (C=O) groups excluding carboxylic acids is 1. The van der Waals surface area contributed by atoms with Crippen LogP contribution in [-0.2, 0) is 27.0 Å². The molecule has 0 bridgehead atoms. The number of alkyl halides is 3. The van der Waals surface area contributed by atoms with Crippen LogP contribution in [0.4, 0.5) is 13.2 Å². The lowest BCUT2D eigenvalue weighted by Gasteiger charge is -2.35. The van der Waals surface area contributed by atoms with E-state index in [1.807, 2.05) is 17.0 Å². The molecule has 2 fully saturated rings. The number of ether oxygens (including phenoxy) is 1. The Balaban J connectivity index is 0.000000510. The molecule has 1 aromatic carbocycles. The molecule has 5 rings (SSSR count). The van der Waals surface area contributed by atoms with Gasteiger partial charge in [-0.2, -0.15) is 22.9 Å². The number of hydrogen-bond acceptors (Lipinski definition) is 9. The van der Waals surface area contributed by atoms with Crippen molar-refractivity contribution in [1.82, 2.24) is 29.6 Å². The van der Waals surface area contributed by atoms with Gasteiger partial charge in [0.2, 0.25) is 5.91 Å². The summed E-state index contributed by atoms with van der Waals surface area (Å²) in [6.07, 6.45) is -0.674. The van der Waals surface area contributed by atoms with Crippen LogP contribution in [0, 0.1) is 0 Å². The molecular formula is C29H36F3N7O6. The van der Waals surface area contributed by atoms with Crippen LogP contribution in [0.25, 0.3) is 0 Å². The number of piperazine rings is 1. The standard InChI is InChI=1S/C25H32F3N7O2.C4H4O4/c1-18(36)33-14-12-32(13-15-33)16-17-37-21-4-2-19(3-5-21)20-8-10-34(11-9-20)23-7-6-22-29-30-24(25(26,27)28)35(22)31-23;5-3(6)1-2-4(7)8/h2-5,20H,6-17H2,1H3;1-2H,(H,5,6)(H,7,8). The van der Waals surface area contributed by atoms with Gasteiger partial charge in [0, 0.05) is 77.7 Å². The van der Waals surface area contributed by atoms with E-state index in [4.69, 9.17) is 14.9 Å². The van der Waals surface area contributed by atoms with Gasteiger partial charge in [0.05, 0.1) is 0 Å². The number of nitrogens with zero attached hydrogens (tertiary/aromatic N) is 7. The number of aliphatic carboxylic acids is 2.